The Morgan fingerprint density at radius 1 is 0.875 bits per heavy atom. The van der Waals surface area contributed by atoms with Crippen molar-refractivity contribution >= 4 is 46.2 Å². The monoisotopic (exact) mass is 684 g/mol. The molecule has 4 aromatic rings. The van der Waals surface area contributed by atoms with Gasteiger partial charge in [-0.25, -0.2) is 0 Å². The Morgan fingerprint density at radius 3 is 2.17 bits per heavy atom. The van der Waals surface area contributed by atoms with Gasteiger partial charge in [0.1, 0.15) is 22.6 Å². The molecule has 10 nitrogen and oxygen atoms in total. The lowest BCUT2D eigenvalue weighted by Crippen LogP contribution is -2.36. The van der Waals surface area contributed by atoms with Crippen molar-refractivity contribution in [2.24, 2.45) is 16.8 Å². The summed E-state index contributed by atoms with van der Waals surface area (Å²) in [6, 6.07) is 14.1. The van der Waals surface area contributed by atoms with Gasteiger partial charge in [0.25, 0.3) is 0 Å². The summed E-state index contributed by atoms with van der Waals surface area (Å²) in [5.41, 5.74) is 4.51. The zero-order valence-electron chi connectivity index (χ0n) is 27.4. The predicted octanol–water partition coefficient (Wildman–Crippen LogP) is 5.78. The van der Waals surface area contributed by atoms with Crippen LogP contribution in [0, 0.1) is 32.6 Å². The maximum absolute atomic E-state index is 13.9. The number of amides is 2. The Kier molecular flexibility index (Phi) is 8.68. The number of nitrogens with zero attached hydrogens (tertiary/aromatic N) is 6. The lowest BCUT2D eigenvalue weighted by molar-refractivity contribution is -0.131. The van der Waals surface area contributed by atoms with Crippen molar-refractivity contribution in [3.63, 3.8) is 0 Å². The first-order valence-electron chi connectivity index (χ1n) is 16.2. The first-order valence-corrected chi connectivity index (χ1v) is 17.4. The minimum Gasteiger partial charge on any atom is -0.497 e. The maximum Gasteiger partial charge on any atom is 0.225 e. The van der Waals surface area contributed by atoms with Gasteiger partial charge >= 0.3 is 0 Å². The number of hydrogen-bond acceptors (Lipinski definition) is 8. The highest BCUT2D eigenvalue weighted by Gasteiger charge is 2.43. The van der Waals surface area contributed by atoms with Crippen LogP contribution >= 0.6 is 22.9 Å². The van der Waals surface area contributed by atoms with Crippen molar-refractivity contribution < 1.29 is 19.1 Å². The van der Waals surface area contributed by atoms with Crippen LogP contribution in [0.15, 0.2) is 53.5 Å². The fourth-order valence-corrected chi connectivity index (χ4v) is 8.47. The molecular formula is C36H37ClN6O4S. The van der Waals surface area contributed by atoms with Gasteiger partial charge in [0.2, 0.25) is 11.8 Å². The summed E-state index contributed by atoms with van der Waals surface area (Å²) in [5, 5.41) is 10.6. The van der Waals surface area contributed by atoms with E-state index in [0.717, 1.165) is 33.2 Å². The van der Waals surface area contributed by atoms with E-state index in [-0.39, 0.29) is 48.7 Å². The molecule has 0 radical (unpaired) electrons. The van der Waals surface area contributed by atoms with Crippen LogP contribution in [0.4, 0.5) is 0 Å². The number of likely N-dealkylation sites (tertiary alicyclic amines) is 2. The number of aryl methyl sites for hydroxylation is 2. The number of halogens is 1. The molecule has 3 atom stereocenters. The third kappa shape index (κ3) is 5.94. The van der Waals surface area contributed by atoms with Crippen molar-refractivity contribution in [1.29, 1.82) is 0 Å². The Morgan fingerprint density at radius 2 is 1.52 bits per heavy atom. The number of carbonyl (C=O) groups is 3. The molecule has 7 rings (SSSR count). The number of Topliss-reactive ketones (excluding diaryl/α,β-unsaturated/α-hetero) is 1. The quantitative estimate of drug-likeness (QED) is 0.218. The third-order valence-electron chi connectivity index (χ3n) is 9.89. The molecule has 12 heteroatoms. The van der Waals surface area contributed by atoms with Crippen molar-refractivity contribution in [1.82, 2.24) is 24.6 Å². The van der Waals surface area contributed by atoms with E-state index < -0.39 is 6.04 Å². The first-order chi connectivity index (χ1) is 23.1. The summed E-state index contributed by atoms with van der Waals surface area (Å²) in [5.74, 6) is 2.46. The van der Waals surface area contributed by atoms with E-state index in [0.29, 0.717) is 48.3 Å². The van der Waals surface area contributed by atoms with Crippen molar-refractivity contribution in [2.75, 3.05) is 33.3 Å². The second kappa shape index (κ2) is 12.9. The smallest absolute Gasteiger partial charge is 0.225 e. The van der Waals surface area contributed by atoms with Crippen LogP contribution in [0.3, 0.4) is 0 Å². The summed E-state index contributed by atoms with van der Waals surface area (Å²) in [7, 11) is 1.58. The van der Waals surface area contributed by atoms with E-state index >= 15 is 0 Å². The Hall–Kier alpha value is -4.35. The number of rotatable bonds is 8. The molecule has 3 aliphatic heterocycles. The molecule has 0 N–H and O–H groups in total. The van der Waals surface area contributed by atoms with Crippen LogP contribution in [0.2, 0.25) is 5.02 Å². The molecule has 2 saturated heterocycles. The molecule has 2 aromatic carbocycles. The molecule has 3 aliphatic rings. The van der Waals surface area contributed by atoms with Gasteiger partial charge in [-0.15, -0.1) is 21.5 Å². The molecular weight excluding hydrogens is 648 g/mol. The van der Waals surface area contributed by atoms with Gasteiger partial charge in [-0.05, 0) is 62.7 Å². The molecule has 2 aromatic heterocycles. The zero-order chi connectivity index (χ0) is 33.7. The summed E-state index contributed by atoms with van der Waals surface area (Å²) in [6.07, 6.45) is 0.502. The molecule has 2 fully saturated rings. The number of hydrogen-bond donors (Lipinski definition) is 0. The van der Waals surface area contributed by atoms with E-state index in [1.807, 2.05) is 41.0 Å². The van der Waals surface area contributed by atoms with Gasteiger partial charge in [-0.3, -0.25) is 23.9 Å². The highest BCUT2D eigenvalue weighted by Crippen LogP contribution is 2.40. The molecule has 0 aliphatic carbocycles. The molecule has 5 heterocycles. The average molecular weight is 685 g/mol. The molecule has 2 amide bonds. The third-order valence-corrected chi connectivity index (χ3v) is 11.3. The fraction of sp³-hybridized carbons (Fsp3) is 0.389. The Bertz CT molecular complexity index is 1920. The number of aliphatic imine (C=N–C) groups is 1. The molecule has 0 bridgehead atoms. The Balaban J connectivity index is 1.03. The number of carbonyl (C=O) groups excluding carboxylic acids is 3. The SMILES string of the molecule is COc1ccc(C(=O)CCC(=O)N2CC3CN(C(=O)C[C@@H]4N=C(c5ccc(Cl)cc5)c5c(sc(C)c5C)-n5c(C)nnc54)CC3C2)cc1. The predicted molar refractivity (Wildman–Crippen MR) is 185 cm³/mol. The topological polar surface area (TPSA) is 110 Å². The number of methoxy groups -OCH3 is 1. The van der Waals surface area contributed by atoms with Gasteiger partial charge in [-0.1, -0.05) is 23.7 Å². The van der Waals surface area contributed by atoms with Gasteiger partial charge in [-0.2, -0.15) is 0 Å². The second-order valence-electron chi connectivity index (χ2n) is 12.9. The van der Waals surface area contributed by atoms with Crippen LogP contribution in [-0.4, -0.2) is 81.2 Å². The van der Waals surface area contributed by atoms with Gasteiger partial charge in [0, 0.05) is 77.4 Å². The summed E-state index contributed by atoms with van der Waals surface area (Å²) in [6.45, 7) is 8.52. The Labute approximate surface area is 288 Å². The lowest BCUT2D eigenvalue weighted by Gasteiger charge is -2.23. The minimum absolute atomic E-state index is 0.0145. The van der Waals surface area contributed by atoms with E-state index in [1.54, 1.807) is 42.7 Å². The molecule has 2 unspecified atom stereocenters. The zero-order valence-corrected chi connectivity index (χ0v) is 29.0. The maximum atomic E-state index is 13.9. The number of fused-ring (bicyclic) bond motifs is 4. The van der Waals surface area contributed by atoms with E-state index in [4.69, 9.17) is 21.3 Å². The summed E-state index contributed by atoms with van der Waals surface area (Å²) in [4.78, 5) is 49.9. The molecule has 248 valence electrons. The van der Waals surface area contributed by atoms with Crippen molar-refractivity contribution in [3.8, 4) is 10.8 Å². The van der Waals surface area contributed by atoms with E-state index in [1.165, 1.54) is 4.88 Å². The van der Waals surface area contributed by atoms with Gasteiger partial charge < -0.3 is 14.5 Å². The molecule has 48 heavy (non-hydrogen) atoms. The first kappa shape index (κ1) is 32.2. The molecule has 0 saturated carbocycles. The highest BCUT2D eigenvalue weighted by molar-refractivity contribution is 7.15. The number of aromatic nitrogens is 3. The largest absolute Gasteiger partial charge is 0.497 e. The highest BCUT2D eigenvalue weighted by atomic mass is 35.5. The standard InChI is InChI=1S/C36H37ClN6O4S/c1-20-21(2)48-36-33(20)34(24-5-9-27(37)10-6-24)38-29(35-40-39-22(3)43(35)36)15-32(46)42-18-25-16-41(17-26(25)19-42)31(45)14-13-30(44)23-7-11-28(47-4)12-8-23/h5-12,25-26,29H,13-19H2,1-4H3/t25?,26?,29-/m0/s1. The van der Waals surface area contributed by atoms with E-state index in [9.17, 15) is 14.4 Å². The minimum atomic E-state index is -0.523. The number of thiophene rings is 1. The van der Waals surface area contributed by atoms with Crippen LogP contribution in [0.1, 0.15) is 68.9 Å². The van der Waals surface area contributed by atoms with E-state index in [2.05, 4.69) is 28.6 Å². The number of ether oxygens (including phenoxy) is 1. The summed E-state index contributed by atoms with van der Waals surface area (Å²) >= 11 is 7.93. The summed E-state index contributed by atoms with van der Waals surface area (Å²) < 4.78 is 7.22. The van der Waals surface area contributed by atoms with Crippen molar-refractivity contribution in [2.45, 2.75) is 46.1 Å². The molecule has 0 spiro atoms. The van der Waals surface area contributed by atoms with Crippen LogP contribution in [-0.2, 0) is 9.59 Å². The number of ketones is 1. The van der Waals surface area contributed by atoms with Crippen molar-refractivity contribution in [3.05, 3.63) is 92.3 Å². The normalized spacial score (nSPS) is 19.8. The van der Waals surface area contributed by atoms with Crippen LogP contribution in [0.25, 0.3) is 5.00 Å². The fourth-order valence-electron chi connectivity index (χ4n) is 7.13. The van der Waals surface area contributed by atoms with Gasteiger partial charge in [0.05, 0.1) is 19.2 Å². The van der Waals surface area contributed by atoms with Gasteiger partial charge in [0.15, 0.2) is 11.6 Å². The van der Waals surface area contributed by atoms with Crippen LogP contribution < -0.4 is 4.74 Å². The van der Waals surface area contributed by atoms with Crippen LogP contribution in [0.5, 0.6) is 5.75 Å². The number of benzene rings is 2. The average Bonchev–Trinajstić information content (AvgIpc) is 3.83. The lowest BCUT2D eigenvalue weighted by atomic mass is 9.99. The second-order valence-corrected chi connectivity index (χ2v) is 14.5.